The van der Waals surface area contributed by atoms with Crippen molar-refractivity contribution in [1.29, 1.82) is 0 Å². The van der Waals surface area contributed by atoms with Crippen molar-refractivity contribution in [2.75, 3.05) is 6.54 Å². The number of carboxylic acid groups (broad SMARTS) is 1. The van der Waals surface area contributed by atoms with Crippen molar-refractivity contribution in [3.63, 3.8) is 0 Å². The molecule has 1 saturated heterocycles. The molecule has 1 aliphatic rings. The smallest absolute Gasteiger partial charge is 0.337 e. The van der Waals surface area contributed by atoms with Gasteiger partial charge in [0.25, 0.3) is 5.91 Å². The van der Waals surface area contributed by atoms with E-state index in [4.69, 9.17) is 5.11 Å². The van der Waals surface area contributed by atoms with Crippen LogP contribution in [0.2, 0.25) is 0 Å². The Balaban J connectivity index is 1.93. The van der Waals surface area contributed by atoms with Crippen molar-refractivity contribution in [1.82, 2.24) is 14.9 Å². The molecule has 0 unspecified atom stereocenters. The van der Waals surface area contributed by atoms with Crippen molar-refractivity contribution in [3.05, 3.63) is 45.2 Å². The van der Waals surface area contributed by atoms with E-state index in [1.165, 1.54) is 12.3 Å². The number of likely N-dealkylation sites (tertiary alicyclic amines) is 1. The zero-order chi connectivity index (χ0) is 16.6. The Morgan fingerprint density at radius 3 is 2.83 bits per heavy atom. The number of hydrogen-bond donors (Lipinski definition) is 1. The van der Waals surface area contributed by atoms with Crippen LogP contribution in [0.25, 0.3) is 0 Å². The lowest BCUT2D eigenvalue weighted by molar-refractivity contribution is 0.0696. The van der Waals surface area contributed by atoms with E-state index in [9.17, 15) is 9.59 Å². The molecule has 6 nitrogen and oxygen atoms in total. The lowest BCUT2D eigenvalue weighted by Gasteiger charge is -2.24. The summed E-state index contributed by atoms with van der Waals surface area (Å²) in [4.78, 5) is 34.4. The van der Waals surface area contributed by atoms with Crippen LogP contribution >= 0.6 is 11.3 Å². The van der Waals surface area contributed by atoms with Gasteiger partial charge >= 0.3 is 5.97 Å². The Bertz CT molecular complexity index is 772. The second kappa shape index (κ2) is 6.08. The van der Waals surface area contributed by atoms with Crippen LogP contribution in [-0.4, -0.2) is 38.4 Å². The zero-order valence-corrected chi connectivity index (χ0v) is 13.8. The predicted octanol–water partition coefficient (Wildman–Crippen LogP) is 2.83. The molecule has 120 valence electrons. The average molecular weight is 331 g/mol. The summed E-state index contributed by atoms with van der Waals surface area (Å²) in [5.74, 6) is -1.26. The fourth-order valence-corrected chi connectivity index (χ4v) is 3.53. The Hall–Kier alpha value is -2.28. The molecule has 1 fully saturated rings. The van der Waals surface area contributed by atoms with Gasteiger partial charge in [0, 0.05) is 18.1 Å². The molecule has 0 saturated carbocycles. The summed E-state index contributed by atoms with van der Waals surface area (Å²) in [6.45, 7) is 4.31. The number of carboxylic acids is 1. The molecule has 1 atom stereocenters. The van der Waals surface area contributed by atoms with Gasteiger partial charge in [0.05, 0.1) is 33.6 Å². The van der Waals surface area contributed by atoms with E-state index < -0.39 is 5.97 Å². The Morgan fingerprint density at radius 2 is 2.17 bits per heavy atom. The van der Waals surface area contributed by atoms with Crippen LogP contribution in [0.4, 0.5) is 0 Å². The van der Waals surface area contributed by atoms with Crippen molar-refractivity contribution in [2.45, 2.75) is 32.7 Å². The van der Waals surface area contributed by atoms with E-state index in [1.807, 2.05) is 12.3 Å². The molecule has 2 aromatic heterocycles. The van der Waals surface area contributed by atoms with Crippen LogP contribution in [0, 0.1) is 13.8 Å². The van der Waals surface area contributed by atoms with Crippen LogP contribution in [0.3, 0.4) is 0 Å². The molecule has 7 heteroatoms. The normalized spacial score (nSPS) is 17.5. The first-order valence-corrected chi connectivity index (χ1v) is 8.28. The average Bonchev–Trinajstić information content (AvgIpc) is 3.15. The summed E-state index contributed by atoms with van der Waals surface area (Å²) >= 11 is 1.57. The highest BCUT2D eigenvalue weighted by atomic mass is 32.1. The minimum Gasteiger partial charge on any atom is -0.478 e. The van der Waals surface area contributed by atoms with E-state index in [0.29, 0.717) is 17.8 Å². The van der Waals surface area contributed by atoms with E-state index >= 15 is 0 Å². The topological polar surface area (TPSA) is 83.4 Å². The highest BCUT2D eigenvalue weighted by Gasteiger charge is 2.33. The third-order valence-electron chi connectivity index (χ3n) is 4.06. The Morgan fingerprint density at radius 1 is 1.39 bits per heavy atom. The van der Waals surface area contributed by atoms with Gasteiger partial charge < -0.3 is 10.0 Å². The minimum atomic E-state index is -1.08. The van der Waals surface area contributed by atoms with Crippen LogP contribution in [0.5, 0.6) is 0 Å². The number of thiazole rings is 1. The van der Waals surface area contributed by atoms with Gasteiger partial charge in [-0.2, -0.15) is 0 Å². The highest BCUT2D eigenvalue weighted by molar-refractivity contribution is 7.09. The van der Waals surface area contributed by atoms with Gasteiger partial charge in [-0.25, -0.2) is 9.78 Å². The van der Waals surface area contributed by atoms with Crippen molar-refractivity contribution < 1.29 is 14.7 Å². The summed E-state index contributed by atoms with van der Waals surface area (Å²) in [7, 11) is 0. The van der Waals surface area contributed by atoms with Crippen LogP contribution < -0.4 is 0 Å². The van der Waals surface area contributed by atoms with Crippen molar-refractivity contribution in [2.24, 2.45) is 0 Å². The van der Waals surface area contributed by atoms with Gasteiger partial charge in [-0.1, -0.05) is 0 Å². The minimum absolute atomic E-state index is 0.0270. The Labute approximate surface area is 137 Å². The fourth-order valence-electron chi connectivity index (χ4n) is 2.87. The first kappa shape index (κ1) is 15.6. The summed E-state index contributed by atoms with van der Waals surface area (Å²) in [5, 5.41) is 12.1. The van der Waals surface area contributed by atoms with Crippen molar-refractivity contribution in [3.8, 4) is 0 Å². The monoisotopic (exact) mass is 331 g/mol. The van der Waals surface area contributed by atoms with Gasteiger partial charge in [0.15, 0.2) is 0 Å². The maximum Gasteiger partial charge on any atom is 0.337 e. The molecule has 23 heavy (non-hydrogen) atoms. The third-order valence-corrected chi connectivity index (χ3v) is 4.85. The number of pyridine rings is 1. The lowest BCUT2D eigenvalue weighted by atomic mass is 10.1. The SMILES string of the molecule is Cc1nc([C@H]2CCCN2C(=O)c2cc(C(=O)O)cnc2C)cs1. The van der Waals surface area contributed by atoms with E-state index in [2.05, 4.69) is 9.97 Å². The second-order valence-corrected chi connectivity index (χ2v) is 6.67. The van der Waals surface area contributed by atoms with Gasteiger partial charge in [0.1, 0.15) is 0 Å². The molecule has 1 N–H and O–H groups in total. The molecule has 2 aromatic rings. The maximum absolute atomic E-state index is 12.9. The molecule has 1 amide bonds. The number of aryl methyl sites for hydroxylation is 2. The summed E-state index contributed by atoms with van der Waals surface area (Å²) in [6, 6.07) is 1.37. The third kappa shape index (κ3) is 2.96. The molecule has 0 bridgehead atoms. The van der Waals surface area contributed by atoms with Crippen LogP contribution in [-0.2, 0) is 0 Å². The number of hydrogen-bond acceptors (Lipinski definition) is 5. The number of carbonyl (C=O) groups is 2. The summed E-state index contributed by atoms with van der Waals surface area (Å²) < 4.78 is 0. The molecule has 0 aromatic carbocycles. The molecule has 0 spiro atoms. The fraction of sp³-hybridized carbons (Fsp3) is 0.375. The summed E-state index contributed by atoms with van der Waals surface area (Å²) in [5.41, 5.74) is 1.83. The van der Waals surface area contributed by atoms with E-state index in [1.54, 1.807) is 23.2 Å². The van der Waals surface area contributed by atoms with Crippen LogP contribution in [0.1, 0.15) is 56.0 Å². The Kier molecular flexibility index (Phi) is 4.12. The maximum atomic E-state index is 12.9. The number of amides is 1. The van der Waals surface area contributed by atoms with Gasteiger partial charge in [0.2, 0.25) is 0 Å². The largest absolute Gasteiger partial charge is 0.478 e. The number of rotatable bonds is 3. The molecule has 0 aliphatic carbocycles. The molecule has 1 aliphatic heterocycles. The lowest BCUT2D eigenvalue weighted by Crippen LogP contribution is -2.31. The standard InChI is InChI=1S/C16H17N3O3S/c1-9-12(6-11(7-17-9)16(21)22)15(20)19-5-3-4-14(19)13-8-23-10(2)18-13/h6-8,14H,3-5H2,1-2H3,(H,21,22)/t14-/m1/s1. The first-order chi connectivity index (χ1) is 11.0. The van der Waals surface area contributed by atoms with E-state index in [-0.39, 0.29) is 17.5 Å². The predicted molar refractivity (Wildman–Crippen MR) is 85.8 cm³/mol. The number of nitrogens with zero attached hydrogens (tertiary/aromatic N) is 3. The molecular weight excluding hydrogens is 314 g/mol. The van der Waals surface area contributed by atoms with Crippen LogP contribution in [0.15, 0.2) is 17.6 Å². The molecular formula is C16H17N3O3S. The quantitative estimate of drug-likeness (QED) is 0.935. The molecule has 3 rings (SSSR count). The molecule has 3 heterocycles. The summed E-state index contributed by atoms with van der Waals surface area (Å²) in [6.07, 6.45) is 3.07. The van der Waals surface area contributed by atoms with E-state index in [0.717, 1.165) is 23.5 Å². The number of carbonyl (C=O) groups excluding carboxylic acids is 1. The molecule has 0 radical (unpaired) electrons. The number of aromatic carboxylic acids is 1. The highest BCUT2D eigenvalue weighted by Crippen LogP contribution is 2.33. The van der Waals surface area contributed by atoms with Crippen molar-refractivity contribution >= 4 is 23.2 Å². The number of aromatic nitrogens is 2. The first-order valence-electron chi connectivity index (χ1n) is 7.40. The van der Waals surface area contributed by atoms with Gasteiger partial charge in [-0.3, -0.25) is 9.78 Å². The van der Waals surface area contributed by atoms with Gasteiger partial charge in [-0.15, -0.1) is 11.3 Å². The zero-order valence-electron chi connectivity index (χ0n) is 12.9. The van der Waals surface area contributed by atoms with Gasteiger partial charge in [-0.05, 0) is 32.8 Å². The second-order valence-electron chi connectivity index (χ2n) is 5.61.